The van der Waals surface area contributed by atoms with E-state index >= 15 is 0 Å². The van der Waals surface area contributed by atoms with Crippen LogP contribution in [-0.4, -0.2) is 41.6 Å². The predicted molar refractivity (Wildman–Crippen MR) is 90.3 cm³/mol. The second-order valence-electron chi connectivity index (χ2n) is 5.80. The molecular formula is C19H24O5. The Kier molecular flexibility index (Phi) is 6.31. The molecule has 1 saturated heterocycles. The molecule has 1 aliphatic heterocycles. The smallest absolute Gasteiger partial charge is 0.303 e. The summed E-state index contributed by atoms with van der Waals surface area (Å²) in [6, 6.07) is 9.72. The highest BCUT2D eigenvalue weighted by molar-refractivity contribution is 5.66. The minimum Gasteiger partial charge on any atom is -0.457 e. The van der Waals surface area contributed by atoms with Crippen molar-refractivity contribution in [1.29, 1.82) is 0 Å². The molecule has 0 spiro atoms. The zero-order valence-electron chi connectivity index (χ0n) is 13.9. The fraction of sp³-hybridized carbons (Fsp3) is 0.421. The molecule has 0 bridgehead atoms. The van der Waals surface area contributed by atoms with Crippen molar-refractivity contribution in [1.82, 2.24) is 0 Å². The first kappa shape index (κ1) is 18.4. The summed E-state index contributed by atoms with van der Waals surface area (Å²) in [5.41, 5.74) is -0.487. The summed E-state index contributed by atoms with van der Waals surface area (Å²) in [6.07, 6.45) is 1.63. The van der Waals surface area contributed by atoms with Gasteiger partial charge in [-0.2, -0.15) is 0 Å². The third-order valence-corrected chi connectivity index (χ3v) is 4.08. The highest BCUT2D eigenvalue weighted by Gasteiger charge is 2.53. The van der Waals surface area contributed by atoms with Crippen LogP contribution in [0.25, 0.3) is 0 Å². The zero-order chi connectivity index (χ0) is 17.6. The number of hydrogen-bond donors (Lipinski definition) is 1. The maximum atomic E-state index is 11.2. The summed E-state index contributed by atoms with van der Waals surface area (Å²) in [6.45, 7) is 9.19. The van der Waals surface area contributed by atoms with Crippen molar-refractivity contribution in [3.8, 4) is 0 Å². The van der Waals surface area contributed by atoms with Crippen LogP contribution in [-0.2, 0) is 25.6 Å². The zero-order valence-corrected chi connectivity index (χ0v) is 13.9. The van der Waals surface area contributed by atoms with E-state index in [9.17, 15) is 9.90 Å². The van der Waals surface area contributed by atoms with Crippen LogP contribution >= 0.6 is 0 Å². The Hall–Kier alpha value is -1.95. The molecule has 2 rings (SSSR count). The summed E-state index contributed by atoms with van der Waals surface area (Å²) in [5.74, 6) is -0.477. The summed E-state index contributed by atoms with van der Waals surface area (Å²) in [5, 5.41) is 10.9. The van der Waals surface area contributed by atoms with E-state index in [4.69, 9.17) is 14.2 Å². The van der Waals surface area contributed by atoms with Crippen molar-refractivity contribution in [3.63, 3.8) is 0 Å². The van der Waals surface area contributed by atoms with Crippen molar-refractivity contribution in [2.24, 2.45) is 0 Å². The van der Waals surface area contributed by atoms with Crippen molar-refractivity contribution in [2.45, 2.75) is 43.9 Å². The second kappa shape index (κ2) is 8.24. The summed E-state index contributed by atoms with van der Waals surface area (Å²) in [4.78, 5) is 11.2. The van der Waals surface area contributed by atoms with Gasteiger partial charge in [0.2, 0.25) is 0 Å². The maximum Gasteiger partial charge on any atom is 0.303 e. The first-order chi connectivity index (χ1) is 11.5. The van der Waals surface area contributed by atoms with Crippen LogP contribution in [0, 0.1) is 0 Å². The second-order valence-corrected chi connectivity index (χ2v) is 5.80. The fourth-order valence-corrected chi connectivity index (χ4v) is 2.84. The molecule has 0 aliphatic carbocycles. The molecular weight excluding hydrogens is 308 g/mol. The van der Waals surface area contributed by atoms with Gasteiger partial charge in [0.15, 0.2) is 11.7 Å². The molecule has 5 nitrogen and oxygen atoms in total. The molecule has 0 radical (unpaired) electrons. The van der Waals surface area contributed by atoms with Crippen LogP contribution in [0.15, 0.2) is 55.6 Å². The number of carbonyl (C=O) groups excluding carboxylic acids is 1. The molecule has 1 aromatic rings. The monoisotopic (exact) mass is 332 g/mol. The average molecular weight is 332 g/mol. The summed E-state index contributed by atoms with van der Waals surface area (Å²) < 4.78 is 16.8. The van der Waals surface area contributed by atoms with Crippen molar-refractivity contribution in [2.75, 3.05) is 6.61 Å². The normalized spacial score (nSPS) is 27.4. The van der Waals surface area contributed by atoms with E-state index in [0.29, 0.717) is 13.0 Å². The van der Waals surface area contributed by atoms with Gasteiger partial charge in [-0.05, 0) is 12.0 Å². The molecule has 0 amide bonds. The van der Waals surface area contributed by atoms with Gasteiger partial charge in [0.05, 0.1) is 19.3 Å². The molecule has 1 heterocycles. The highest BCUT2D eigenvalue weighted by atomic mass is 16.6. The molecule has 0 aromatic heterocycles. The van der Waals surface area contributed by atoms with E-state index in [2.05, 4.69) is 13.2 Å². The topological polar surface area (TPSA) is 65.0 Å². The Labute approximate surface area is 142 Å². The van der Waals surface area contributed by atoms with E-state index in [1.807, 2.05) is 30.3 Å². The van der Waals surface area contributed by atoms with E-state index < -0.39 is 29.9 Å². The van der Waals surface area contributed by atoms with Gasteiger partial charge >= 0.3 is 5.97 Å². The van der Waals surface area contributed by atoms with Gasteiger partial charge in [-0.1, -0.05) is 49.1 Å². The van der Waals surface area contributed by atoms with Crippen molar-refractivity contribution >= 4 is 5.97 Å². The average Bonchev–Trinajstić information content (AvgIpc) is 2.89. The van der Waals surface area contributed by atoms with Gasteiger partial charge in [-0.25, -0.2) is 0 Å². The van der Waals surface area contributed by atoms with Crippen LogP contribution in [0.1, 0.15) is 18.9 Å². The lowest BCUT2D eigenvalue weighted by Crippen LogP contribution is -2.52. The molecule has 1 N–H and O–H groups in total. The molecule has 1 fully saturated rings. The quantitative estimate of drug-likeness (QED) is 0.585. The maximum absolute atomic E-state index is 11.2. The van der Waals surface area contributed by atoms with Gasteiger partial charge in [0.25, 0.3) is 0 Å². The number of ether oxygens (including phenoxy) is 3. The number of hydrogen-bond acceptors (Lipinski definition) is 5. The van der Waals surface area contributed by atoms with Crippen LogP contribution in [0.3, 0.4) is 0 Å². The number of aliphatic hydroxyl groups is 1. The molecule has 0 saturated carbocycles. The Morgan fingerprint density at radius 1 is 1.46 bits per heavy atom. The van der Waals surface area contributed by atoms with E-state index in [1.165, 1.54) is 13.0 Å². The first-order valence-corrected chi connectivity index (χ1v) is 7.92. The van der Waals surface area contributed by atoms with Crippen LogP contribution < -0.4 is 0 Å². The first-order valence-electron chi connectivity index (χ1n) is 7.92. The number of esters is 1. The minimum absolute atomic E-state index is 0.0924. The Bertz CT molecular complexity index is 570. The minimum atomic E-state index is -1.50. The SMILES string of the molecule is C=CCC(OCc1ccccc1)C1OCC(OC(C)=O)C1(O)C=C. The Balaban J connectivity index is 2.12. The number of rotatable bonds is 8. The van der Waals surface area contributed by atoms with Crippen LogP contribution in [0.4, 0.5) is 0 Å². The van der Waals surface area contributed by atoms with Gasteiger partial charge in [0, 0.05) is 6.92 Å². The largest absolute Gasteiger partial charge is 0.457 e. The van der Waals surface area contributed by atoms with Gasteiger partial charge in [0.1, 0.15) is 6.10 Å². The lowest BCUT2D eigenvalue weighted by atomic mass is 9.88. The number of benzene rings is 1. The molecule has 5 heteroatoms. The third kappa shape index (κ3) is 4.12. The summed E-state index contributed by atoms with van der Waals surface area (Å²) in [7, 11) is 0. The lowest BCUT2D eigenvalue weighted by molar-refractivity contribution is -0.157. The van der Waals surface area contributed by atoms with E-state index in [1.54, 1.807) is 6.08 Å². The molecule has 1 aliphatic rings. The molecule has 4 unspecified atom stereocenters. The Morgan fingerprint density at radius 3 is 2.75 bits per heavy atom. The third-order valence-electron chi connectivity index (χ3n) is 4.08. The molecule has 130 valence electrons. The van der Waals surface area contributed by atoms with E-state index in [0.717, 1.165) is 5.56 Å². The molecule has 24 heavy (non-hydrogen) atoms. The van der Waals surface area contributed by atoms with Gasteiger partial charge < -0.3 is 19.3 Å². The summed E-state index contributed by atoms with van der Waals surface area (Å²) >= 11 is 0. The standard InChI is InChI=1S/C19H24O5/c1-4-9-16(22-12-15-10-7-6-8-11-15)18-19(21,5-2)17(13-23-18)24-14(3)20/h4-8,10-11,16-18,21H,1-2,9,12-13H2,3H3. The van der Waals surface area contributed by atoms with Gasteiger partial charge in [-0.15, -0.1) is 6.58 Å². The van der Waals surface area contributed by atoms with E-state index in [-0.39, 0.29) is 6.61 Å². The number of carbonyl (C=O) groups is 1. The predicted octanol–water partition coefficient (Wildman–Crippen LogP) is 2.40. The van der Waals surface area contributed by atoms with Gasteiger partial charge in [-0.3, -0.25) is 4.79 Å². The van der Waals surface area contributed by atoms with Crippen molar-refractivity contribution in [3.05, 3.63) is 61.2 Å². The molecule has 1 aromatic carbocycles. The highest BCUT2D eigenvalue weighted by Crippen LogP contribution is 2.34. The van der Waals surface area contributed by atoms with Crippen molar-refractivity contribution < 1.29 is 24.1 Å². The fourth-order valence-electron chi connectivity index (χ4n) is 2.84. The lowest BCUT2D eigenvalue weighted by Gasteiger charge is -2.33. The molecule has 4 atom stereocenters. The Morgan fingerprint density at radius 2 is 2.17 bits per heavy atom. The van der Waals surface area contributed by atoms with Crippen LogP contribution in [0.5, 0.6) is 0 Å². The van der Waals surface area contributed by atoms with Crippen LogP contribution in [0.2, 0.25) is 0 Å².